The summed E-state index contributed by atoms with van der Waals surface area (Å²) in [7, 11) is 0. The van der Waals surface area contributed by atoms with Crippen LogP contribution in [0.2, 0.25) is 0 Å². The highest BCUT2D eigenvalue weighted by Gasteiger charge is 2.19. The van der Waals surface area contributed by atoms with Gasteiger partial charge in [0.05, 0.1) is 12.7 Å². The van der Waals surface area contributed by atoms with Gasteiger partial charge in [-0.1, -0.05) is 6.92 Å². The van der Waals surface area contributed by atoms with E-state index < -0.39 is 0 Å². The summed E-state index contributed by atoms with van der Waals surface area (Å²) < 4.78 is 5.65. The molecule has 0 aromatic heterocycles. The Morgan fingerprint density at radius 2 is 2.06 bits per heavy atom. The fraction of sp³-hybridized carbons (Fsp3) is 1.00. The SMILES string of the molecule is CCCNC(CO)CCN1CCC(OCC)CC1. The van der Waals surface area contributed by atoms with Crippen LogP contribution in [0.1, 0.15) is 39.5 Å². The van der Waals surface area contributed by atoms with E-state index in [-0.39, 0.29) is 12.6 Å². The molecule has 0 aromatic carbocycles. The van der Waals surface area contributed by atoms with Crippen LogP contribution in [0, 0.1) is 0 Å². The monoisotopic (exact) mass is 258 g/mol. The van der Waals surface area contributed by atoms with Gasteiger partial charge < -0.3 is 20.1 Å². The molecule has 1 heterocycles. The van der Waals surface area contributed by atoms with Crippen molar-refractivity contribution in [3.63, 3.8) is 0 Å². The summed E-state index contributed by atoms with van der Waals surface area (Å²) in [4.78, 5) is 2.49. The topological polar surface area (TPSA) is 44.7 Å². The smallest absolute Gasteiger partial charge is 0.0599 e. The minimum absolute atomic E-state index is 0.245. The molecule has 1 saturated heterocycles. The van der Waals surface area contributed by atoms with E-state index in [0.717, 1.165) is 58.5 Å². The van der Waals surface area contributed by atoms with Crippen molar-refractivity contribution in [2.24, 2.45) is 0 Å². The highest BCUT2D eigenvalue weighted by Crippen LogP contribution is 2.14. The number of hydrogen-bond donors (Lipinski definition) is 2. The normalized spacial score (nSPS) is 20.2. The largest absolute Gasteiger partial charge is 0.395 e. The minimum Gasteiger partial charge on any atom is -0.395 e. The molecule has 1 fully saturated rings. The Bertz CT molecular complexity index is 194. The lowest BCUT2D eigenvalue weighted by Crippen LogP contribution is -2.41. The Kier molecular flexibility index (Phi) is 8.59. The van der Waals surface area contributed by atoms with Crippen molar-refractivity contribution < 1.29 is 9.84 Å². The third-order valence-corrected chi connectivity index (χ3v) is 3.63. The van der Waals surface area contributed by atoms with Gasteiger partial charge >= 0.3 is 0 Å². The summed E-state index contributed by atoms with van der Waals surface area (Å²) >= 11 is 0. The van der Waals surface area contributed by atoms with Crippen LogP contribution in [-0.2, 0) is 4.74 Å². The third kappa shape index (κ3) is 6.14. The van der Waals surface area contributed by atoms with Crippen molar-refractivity contribution in [2.45, 2.75) is 51.7 Å². The maximum absolute atomic E-state index is 9.29. The first-order valence-corrected chi connectivity index (χ1v) is 7.48. The first-order valence-electron chi connectivity index (χ1n) is 7.48. The van der Waals surface area contributed by atoms with Gasteiger partial charge in [-0.2, -0.15) is 0 Å². The number of nitrogens with zero attached hydrogens (tertiary/aromatic N) is 1. The van der Waals surface area contributed by atoms with Gasteiger partial charge in [0.2, 0.25) is 0 Å². The van der Waals surface area contributed by atoms with Crippen LogP contribution in [-0.4, -0.2) is 61.5 Å². The molecule has 0 spiro atoms. The zero-order valence-corrected chi connectivity index (χ0v) is 12.0. The van der Waals surface area contributed by atoms with Crippen molar-refractivity contribution in [1.29, 1.82) is 0 Å². The number of nitrogens with one attached hydrogen (secondary N) is 1. The maximum atomic E-state index is 9.29. The molecule has 0 amide bonds. The second-order valence-corrected chi connectivity index (χ2v) is 5.12. The Hall–Kier alpha value is -0.160. The molecule has 0 aliphatic carbocycles. The predicted octanol–water partition coefficient (Wildman–Crippen LogP) is 1.24. The van der Waals surface area contributed by atoms with Gasteiger partial charge in [-0.25, -0.2) is 0 Å². The third-order valence-electron chi connectivity index (χ3n) is 3.63. The molecule has 4 heteroatoms. The van der Waals surface area contributed by atoms with E-state index in [4.69, 9.17) is 4.74 Å². The highest BCUT2D eigenvalue weighted by molar-refractivity contribution is 4.75. The van der Waals surface area contributed by atoms with Crippen molar-refractivity contribution >= 4 is 0 Å². The van der Waals surface area contributed by atoms with Gasteiger partial charge in [-0.3, -0.25) is 0 Å². The van der Waals surface area contributed by atoms with E-state index in [1.54, 1.807) is 0 Å². The summed E-state index contributed by atoms with van der Waals surface area (Å²) in [6.07, 6.45) is 4.93. The molecular weight excluding hydrogens is 228 g/mol. The number of hydrogen-bond acceptors (Lipinski definition) is 4. The summed E-state index contributed by atoms with van der Waals surface area (Å²) in [5.74, 6) is 0. The van der Waals surface area contributed by atoms with Crippen LogP contribution in [0.3, 0.4) is 0 Å². The fourth-order valence-electron chi connectivity index (χ4n) is 2.48. The molecule has 1 unspecified atom stereocenters. The standard InChI is InChI=1S/C14H30N2O2/c1-3-8-15-13(12-17)5-9-16-10-6-14(7-11-16)18-4-2/h13-15,17H,3-12H2,1-2H3. The second kappa shape index (κ2) is 9.73. The average Bonchev–Trinajstić information content (AvgIpc) is 2.41. The molecule has 0 radical (unpaired) electrons. The van der Waals surface area contributed by atoms with E-state index in [1.165, 1.54) is 0 Å². The van der Waals surface area contributed by atoms with Crippen LogP contribution in [0.25, 0.3) is 0 Å². The van der Waals surface area contributed by atoms with Crippen LogP contribution < -0.4 is 5.32 Å². The van der Waals surface area contributed by atoms with Gasteiger partial charge in [-0.15, -0.1) is 0 Å². The molecule has 0 aromatic rings. The van der Waals surface area contributed by atoms with Crippen molar-refractivity contribution in [1.82, 2.24) is 10.2 Å². The Labute approximate surface area is 112 Å². The van der Waals surface area contributed by atoms with Crippen LogP contribution in [0.5, 0.6) is 0 Å². The second-order valence-electron chi connectivity index (χ2n) is 5.12. The van der Waals surface area contributed by atoms with Gasteiger partial charge in [0.25, 0.3) is 0 Å². The molecule has 1 aliphatic rings. The lowest BCUT2D eigenvalue weighted by Gasteiger charge is -2.32. The lowest BCUT2D eigenvalue weighted by atomic mass is 10.1. The van der Waals surface area contributed by atoms with Crippen LogP contribution >= 0.6 is 0 Å². The molecule has 1 aliphatic heterocycles. The van der Waals surface area contributed by atoms with E-state index >= 15 is 0 Å². The number of aliphatic hydroxyl groups excluding tert-OH is 1. The molecule has 2 N–H and O–H groups in total. The number of ether oxygens (including phenoxy) is 1. The summed E-state index contributed by atoms with van der Waals surface area (Å²) in [5, 5.41) is 12.7. The summed E-state index contributed by atoms with van der Waals surface area (Å²) in [6, 6.07) is 0.259. The van der Waals surface area contributed by atoms with Crippen molar-refractivity contribution in [3.8, 4) is 0 Å². The van der Waals surface area contributed by atoms with E-state index in [1.807, 2.05) is 0 Å². The molecule has 1 atom stereocenters. The molecule has 4 nitrogen and oxygen atoms in total. The first kappa shape index (κ1) is 15.9. The summed E-state index contributed by atoms with van der Waals surface area (Å²) in [5.41, 5.74) is 0. The number of likely N-dealkylation sites (tertiary alicyclic amines) is 1. The van der Waals surface area contributed by atoms with Gasteiger partial charge in [0, 0.05) is 25.7 Å². The number of aliphatic hydroxyl groups is 1. The fourth-order valence-corrected chi connectivity index (χ4v) is 2.48. The summed E-state index contributed by atoms with van der Waals surface area (Å²) in [6.45, 7) is 9.65. The minimum atomic E-state index is 0.245. The quantitative estimate of drug-likeness (QED) is 0.653. The number of piperidine rings is 1. The zero-order chi connectivity index (χ0) is 13.2. The van der Waals surface area contributed by atoms with E-state index in [9.17, 15) is 5.11 Å². The first-order chi connectivity index (χ1) is 8.80. The van der Waals surface area contributed by atoms with E-state index in [2.05, 4.69) is 24.1 Å². The number of rotatable bonds is 9. The highest BCUT2D eigenvalue weighted by atomic mass is 16.5. The van der Waals surface area contributed by atoms with Crippen LogP contribution in [0.4, 0.5) is 0 Å². The Balaban J connectivity index is 2.12. The molecular formula is C14H30N2O2. The Morgan fingerprint density at radius 3 is 2.61 bits per heavy atom. The zero-order valence-electron chi connectivity index (χ0n) is 12.0. The van der Waals surface area contributed by atoms with Crippen molar-refractivity contribution in [3.05, 3.63) is 0 Å². The predicted molar refractivity (Wildman–Crippen MR) is 74.9 cm³/mol. The molecule has 1 rings (SSSR count). The maximum Gasteiger partial charge on any atom is 0.0599 e. The lowest BCUT2D eigenvalue weighted by molar-refractivity contribution is 0.0132. The van der Waals surface area contributed by atoms with Gasteiger partial charge in [-0.05, 0) is 45.7 Å². The van der Waals surface area contributed by atoms with E-state index in [0.29, 0.717) is 6.10 Å². The molecule has 108 valence electrons. The van der Waals surface area contributed by atoms with Crippen LogP contribution in [0.15, 0.2) is 0 Å². The molecule has 18 heavy (non-hydrogen) atoms. The van der Waals surface area contributed by atoms with Crippen molar-refractivity contribution in [2.75, 3.05) is 39.4 Å². The Morgan fingerprint density at radius 1 is 1.33 bits per heavy atom. The van der Waals surface area contributed by atoms with Gasteiger partial charge in [0.15, 0.2) is 0 Å². The molecule has 0 saturated carbocycles. The molecule has 0 bridgehead atoms. The van der Waals surface area contributed by atoms with Gasteiger partial charge in [0.1, 0.15) is 0 Å². The average molecular weight is 258 g/mol.